The molecule has 3 heterocycles. The van der Waals surface area contributed by atoms with Gasteiger partial charge in [-0.15, -0.1) is 10.2 Å². The molecule has 2 fully saturated rings. The van der Waals surface area contributed by atoms with Gasteiger partial charge in [0.05, 0.1) is 4.90 Å². The number of rotatable bonds is 3. The number of ether oxygens (including phenoxy) is 1. The van der Waals surface area contributed by atoms with E-state index in [4.69, 9.17) is 4.74 Å². The van der Waals surface area contributed by atoms with E-state index < -0.39 is 10.0 Å². The lowest BCUT2D eigenvalue weighted by Gasteiger charge is -2.37. The summed E-state index contributed by atoms with van der Waals surface area (Å²) in [6, 6.07) is 5.67. The Morgan fingerprint density at radius 2 is 1.96 bits per heavy atom. The number of hydrogen-bond acceptors (Lipinski definition) is 5. The van der Waals surface area contributed by atoms with Crippen LogP contribution in [-0.4, -0.2) is 53.8 Å². The van der Waals surface area contributed by atoms with Gasteiger partial charge in [-0.1, -0.05) is 6.07 Å². The van der Waals surface area contributed by atoms with Crippen LogP contribution in [0.5, 0.6) is 0 Å². The monoisotopic (exact) mass is 402 g/mol. The molecular formula is C20H26N4O3S. The molecule has 28 heavy (non-hydrogen) atoms. The van der Waals surface area contributed by atoms with E-state index in [9.17, 15) is 8.42 Å². The van der Waals surface area contributed by atoms with Gasteiger partial charge in [0.2, 0.25) is 10.0 Å². The fraction of sp³-hybridized carbons (Fsp3) is 0.600. The first kappa shape index (κ1) is 18.3. The average Bonchev–Trinajstić information content (AvgIpc) is 3.40. The van der Waals surface area contributed by atoms with Crippen LogP contribution >= 0.6 is 0 Å². The van der Waals surface area contributed by atoms with Crippen molar-refractivity contribution in [3.05, 3.63) is 41.5 Å². The minimum atomic E-state index is -3.54. The summed E-state index contributed by atoms with van der Waals surface area (Å²) in [6.45, 7) is 2.31. The smallest absolute Gasteiger partial charge is 0.243 e. The van der Waals surface area contributed by atoms with Gasteiger partial charge >= 0.3 is 0 Å². The first-order valence-electron chi connectivity index (χ1n) is 10.0. The molecule has 2 saturated heterocycles. The Labute approximate surface area is 165 Å². The first-order chi connectivity index (χ1) is 13.5. The molecular weight excluding hydrogens is 376 g/mol. The van der Waals surface area contributed by atoms with Crippen LogP contribution in [0.4, 0.5) is 0 Å². The van der Waals surface area contributed by atoms with Crippen LogP contribution in [0.25, 0.3) is 0 Å². The van der Waals surface area contributed by atoms with Gasteiger partial charge in [0, 0.05) is 39.3 Å². The van der Waals surface area contributed by atoms with E-state index in [2.05, 4.69) is 10.2 Å². The molecule has 0 N–H and O–H groups in total. The van der Waals surface area contributed by atoms with Crippen LogP contribution in [0.2, 0.25) is 0 Å². The van der Waals surface area contributed by atoms with Crippen LogP contribution in [0.1, 0.15) is 42.1 Å². The molecule has 150 valence electrons. The third kappa shape index (κ3) is 2.81. The highest BCUT2D eigenvalue weighted by molar-refractivity contribution is 7.89. The van der Waals surface area contributed by atoms with Crippen molar-refractivity contribution < 1.29 is 13.2 Å². The molecule has 8 heteroatoms. The molecule has 5 rings (SSSR count). The Balaban J connectivity index is 1.51. The molecule has 1 atom stereocenters. The van der Waals surface area contributed by atoms with Gasteiger partial charge in [-0.2, -0.15) is 4.31 Å². The second-order valence-corrected chi connectivity index (χ2v) is 10.3. The van der Waals surface area contributed by atoms with Gasteiger partial charge in [0.25, 0.3) is 0 Å². The van der Waals surface area contributed by atoms with E-state index in [1.807, 2.05) is 23.7 Å². The quantitative estimate of drug-likeness (QED) is 0.784. The molecule has 7 nitrogen and oxygen atoms in total. The molecule has 0 saturated carbocycles. The lowest BCUT2D eigenvalue weighted by molar-refractivity contribution is 0.0131. The van der Waals surface area contributed by atoms with E-state index in [0.717, 1.165) is 37.9 Å². The molecule has 1 aromatic carbocycles. The number of sulfonamides is 1. The predicted octanol–water partition coefficient (Wildman–Crippen LogP) is 1.89. The summed E-state index contributed by atoms with van der Waals surface area (Å²) >= 11 is 0. The van der Waals surface area contributed by atoms with Crippen molar-refractivity contribution in [2.24, 2.45) is 12.5 Å². The van der Waals surface area contributed by atoms with Crippen LogP contribution in [-0.2, 0) is 34.6 Å². The predicted molar refractivity (Wildman–Crippen MR) is 103 cm³/mol. The van der Waals surface area contributed by atoms with Crippen molar-refractivity contribution in [2.75, 3.05) is 26.3 Å². The Morgan fingerprint density at radius 1 is 1.18 bits per heavy atom. The molecule has 2 aliphatic heterocycles. The largest absolute Gasteiger partial charge is 0.381 e. The molecule has 1 aromatic heterocycles. The van der Waals surface area contributed by atoms with Crippen molar-refractivity contribution >= 4 is 10.0 Å². The van der Waals surface area contributed by atoms with Crippen LogP contribution in [0.15, 0.2) is 29.4 Å². The van der Waals surface area contributed by atoms with Gasteiger partial charge in [-0.05, 0) is 60.8 Å². The van der Waals surface area contributed by atoms with E-state index in [-0.39, 0.29) is 11.3 Å². The molecule has 0 radical (unpaired) electrons. The van der Waals surface area contributed by atoms with Crippen molar-refractivity contribution in [1.29, 1.82) is 0 Å². The minimum absolute atomic E-state index is 0.0353. The third-order valence-electron chi connectivity index (χ3n) is 6.87. The molecule has 1 unspecified atom stereocenters. The lowest BCUT2D eigenvalue weighted by atomic mass is 9.72. The molecule has 1 spiro atoms. The second kappa shape index (κ2) is 6.64. The maximum atomic E-state index is 13.5. The number of nitrogens with zero attached hydrogens (tertiary/aromatic N) is 4. The summed E-state index contributed by atoms with van der Waals surface area (Å²) in [5, 5.41) is 8.38. The second-order valence-electron chi connectivity index (χ2n) is 8.41. The Morgan fingerprint density at radius 3 is 2.71 bits per heavy atom. The Hall–Kier alpha value is -1.77. The third-order valence-corrected chi connectivity index (χ3v) is 8.68. The van der Waals surface area contributed by atoms with Gasteiger partial charge in [-0.25, -0.2) is 8.42 Å². The van der Waals surface area contributed by atoms with E-state index in [0.29, 0.717) is 31.2 Å². The fourth-order valence-electron chi connectivity index (χ4n) is 5.21. The van der Waals surface area contributed by atoms with Crippen LogP contribution in [0.3, 0.4) is 0 Å². The van der Waals surface area contributed by atoms with Gasteiger partial charge in [-0.3, -0.25) is 0 Å². The first-order valence-corrected chi connectivity index (χ1v) is 11.5. The number of fused-ring (bicyclic) bond motifs is 1. The van der Waals surface area contributed by atoms with Crippen LogP contribution < -0.4 is 0 Å². The van der Waals surface area contributed by atoms with Crippen LogP contribution in [0, 0.1) is 5.41 Å². The summed E-state index contributed by atoms with van der Waals surface area (Å²) in [5.41, 5.74) is 2.34. The number of aryl methyl sites for hydroxylation is 3. The summed E-state index contributed by atoms with van der Waals surface area (Å²) in [7, 11) is -1.61. The number of aromatic nitrogens is 3. The van der Waals surface area contributed by atoms with Crippen molar-refractivity contribution in [3.63, 3.8) is 0 Å². The molecule has 0 amide bonds. The summed E-state index contributed by atoms with van der Waals surface area (Å²) in [6.07, 6.45) is 6.53. The fourth-order valence-corrected chi connectivity index (χ4v) is 6.81. The number of benzene rings is 1. The SMILES string of the molecule is Cn1cnnc1C1CN(S(=O)(=O)c2ccc3c(c2)CCC3)CC12CCOCC2. The molecule has 3 aliphatic rings. The molecule has 2 aromatic rings. The van der Waals surface area contributed by atoms with Gasteiger partial charge < -0.3 is 9.30 Å². The minimum Gasteiger partial charge on any atom is -0.381 e. The van der Waals surface area contributed by atoms with Gasteiger partial charge in [0.15, 0.2) is 0 Å². The highest BCUT2D eigenvalue weighted by atomic mass is 32.2. The van der Waals surface area contributed by atoms with Crippen molar-refractivity contribution in [1.82, 2.24) is 19.1 Å². The van der Waals surface area contributed by atoms with Gasteiger partial charge in [0.1, 0.15) is 12.2 Å². The number of hydrogen-bond donors (Lipinski definition) is 0. The Bertz CT molecular complexity index is 995. The maximum Gasteiger partial charge on any atom is 0.243 e. The lowest BCUT2D eigenvalue weighted by Crippen LogP contribution is -2.37. The van der Waals surface area contributed by atoms with E-state index in [1.165, 1.54) is 11.1 Å². The highest BCUT2D eigenvalue weighted by Crippen LogP contribution is 2.50. The maximum absolute atomic E-state index is 13.5. The zero-order valence-corrected chi connectivity index (χ0v) is 17.0. The normalized spacial score (nSPS) is 24.7. The standard InChI is InChI=1S/C20H26N4O3S/c1-23-14-21-22-19(23)18-12-24(13-20(18)7-9-27-10-8-20)28(25,26)17-6-5-15-3-2-4-16(15)11-17/h5-6,11,14,18H,2-4,7-10,12-13H2,1H3. The van der Waals surface area contributed by atoms with E-state index >= 15 is 0 Å². The molecule has 0 bridgehead atoms. The topological polar surface area (TPSA) is 77.3 Å². The average molecular weight is 403 g/mol. The van der Waals surface area contributed by atoms with Crippen molar-refractivity contribution in [3.8, 4) is 0 Å². The highest BCUT2D eigenvalue weighted by Gasteiger charge is 2.52. The summed E-state index contributed by atoms with van der Waals surface area (Å²) < 4.78 is 36.2. The Kier molecular flexibility index (Phi) is 4.33. The van der Waals surface area contributed by atoms with Crippen molar-refractivity contribution in [2.45, 2.75) is 42.9 Å². The zero-order chi connectivity index (χ0) is 19.4. The van der Waals surface area contributed by atoms with E-state index in [1.54, 1.807) is 16.7 Å². The zero-order valence-electron chi connectivity index (χ0n) is 16.2. The summed E-state index contributed by atoms with van der Waals surface area (Å²) in [5.74, 6) is 0.904. The summed E-state index contributed by atoms with van der Waals surface area (Å²) in [4.78, 5) is 0.425. The molecule has 1 aliphatic carbocycles.